The molecule has 1 amide bonds. The molecule has 0 radical (unpaired) electrons. The van der Waals surface area contributed by atoms with Gasteiger partial charge in [0, 0.05) is 6.54 Å². The van der Waals surface area contributed by atoms with E-state index < -0.39 is 0 Å². The van der Waals surface area contributed by atoms with Crippen LogP contribution in [0.3, 0.4) is 0 Å². The van der Waals surface area contributed by atoms with Crippen LogP contribution in [0.15, 0.2) is 6.20 Å². The number of aromatic nitrogens is 3. The Labute approximate surface area is 81.5 Å². The molecule has 1 saturated heterocycles. The van der Waals surface area contributed by atoms with Crippen LogP contribution in [-0.4, -0.2) is 34.4 Å². The topological polar surface area (TPSA) is 82.7 Å². The fourth-order valence-electron chi connectivity index (χ4n) is 1.51. The van der Waals surface area contributed by atoms with Crippen molar-refractivity contribution in [3.63, 3.8) is 0 Å². The summed E-state index contributed by atoms with van der Waals surface area (Å²) >= 11 is 0. The Balaban J connectivity index is 1.77. The summed E-state index contributed by atoms with van der Waals surface area (Å²) in [4.78, 5) is 11.5. The van der Waals surface area contributed by atoms with Crippen molar-refractivity contribution in [1.82, 2.24) is 26.0 Å². The van der Waals surface area contributed by atoms with E-state index in [1.807, 2.05) is 0 Å². The van der Waals surface area contributed by atoms with Gasteiger partial charge in [-0.1, -0.05) is 0 Å². The summed E-state index contributed by atoms with van der Waals surface area (Å²) in [6.07, 6.45) is 2.53. The maximum absolute atomic E-state index is 11.5. The second kappa shape index (κ2) is 4.19. The Bertz CT molecular complexity index is 291. The molecule has 1 aromatic rings. The molecule has 1 aliphatic heterocycles. The van der Waals surface area contributed by atoms with Gasteiger partial charge in [-0.15, -0.1) is 0 Å². The highest BCUT2D eigenvalue weighted by atomic mass is 16.1. The van der Waals surface area contributed by atoms with Crippen LogP contribution in [0.4, 0.5) is 0 Å². The molecule has 0 aromatic carbocycles. The molecule has 2 heterocycles. The minimum atomic E-state index is 0.0954. The van der Waals surface area contributed by atoms with E-state index in [0.29, 0.717) is 6.54 Å². The van der Waals surface area contributed by atoms with Crippen molar-refractivity contribution in [2.24, 2.45) is 5.92 Å². The summed E-state index contributed by atoms with van der Waals surface area (Å²) in [7, 11) is 0. The molecule has 0 unspecified atom stereocenters. The Morgan fingerprint density at radius 3 is 3.29 bits per heavy atom. The van der Waals surface area contributed by atoms with Gasteiger partial charge in [-0.3, -0.25) is 4.79 Å². The Kier molecular flexibility index (Phi) is 2.73. The van der Waals surface area contributed by atoms with Crippen molar-refractivity contribution in [3.8, 4) is 0 Å². The Hall–Kier alpha value is -1.43. The second-order valence-corrected chi connectivity index (χ2v) is 3.37. The standard InChI is InChI=1S/C8H13N5O/c14-8(6-1-2-9-3-6)10-4-7-5-11-13-12-7/h5-6,9H,1-4H2,(H,10,14)(H,11,12,13)/t6-/m1/s1. The lowest BCUT2D eigenvalue weighted by Gasteiger charge is -2.07. The lowest BCUT2D eigenvalue weighted by atomic mass is 10.1. The van der Waals surface area contributed by atoms with Crippen LogP contribution in [0.1, 0.15) is 12.1 Å². The van der Waals surface area contributed by atoms with Crippen LogP contribution in [-0.2, 0) is 11.3 Å². The average Bonchev–Trinajstić information content (AvgIpc) is 2.87. The van der Waals surface area contributed by atoms with Gasteiger partial charge in [0.2, 0.25) is 5.91 Å². The Morgan fingerprint density at radius 2 is 2.64 bits per heavy atom. The molecule has 14 heavy (non-hydrogen) atoms. The predicted molar refractivity (Wildman–Crippen MR) is 49.2 cm³/mol. The zero-order chi connectivity index (χ0) is 9.80. The van der Waals surface area contributed by atoms with E-state index in [4.69, 9.17) is 0 Å². The maximum Gasteiger partial charge on any atom is 0.224 e. The third kappa shape index (κ3) is 2.08. The van der Waals surface area contributed by atoms with Gasteiger partial charge in [0.1, 0.15) is 5.69 Å². The fraction of sp³-hybridized carbons (Fsp3) is 0.625. The van der Waals surface area contributed by atoms with E-state index in [1.54, 1.807) is 6.20 Å². The number of amides is 1. The molecule has 0 aliphatic carbocycles. The van der Waals surface area contributed by atoms with Crippen molar-refractivity contribution in [1.29, 1.82) is 0 Å². The Morgan fingerprint density at radius 1 is 1.71 bits per heavy atom. The highest BCUT2D eigenvalue weighted by molar-refractivity contribution is 5.79. The lowest BCUT2D eigenvalue weighted by Crippen LogP contribution is -2.31. The van der Waals surface area contributed by atoms with E-state index in [-0.39, 0.29) is 11.8 Å². The quantitative estimate of drug-likeness (QED) is 0.579. The van der Waals surface area contributed by atoms with Gasteiger partial charge in [-0.05, 0) is 13.0 Å². The monoisotopic (exact) mass is 195 g/mol. The summed E-state index contributed by atoms with van der Waals surface area (Å²) in [6, 6.07) is 0. The van der Waals surface area contributed by atoms with E-state index in [2.05, 4.69) is 26.0 Å². The summed E-state index contributed by atoms with van der Waals surface area (Å²) < 4.78 is 0. The van der Waals surface area contributed by atoms with Gasteiger partial charge >= 0.3 is 0 Å². The van der Waals surface area contributed by atoms with E-state index >= 15 is 0 Å². The number of aromatic amines is 1. The van der Waals surface area contributed by atoms with Gasteiger partial charge in [-0.25, -0.2) is 0 Å². The number of H-pyrrole nitrogens is 1. The van der Waals surface area contributed by atoms with Crippen LogP contribution in [0.25, 0.3) is 0 Å². The molecule has 2 rings (SSSR count). The molecule has 1 atom stereocenters. The minimum Gasteiger partial charge on any atom is -0.350 e. The van der Waals surface area contributed by atoms with Crippen LogP contribution < -0.4 is 10.6 Å². The average molecular weight is 195 g/mol. The zero-order valence-electron chi connectivity index (χ0n) is 7.79. The molecular formula is C8H13N5O. The first-order valence-electron chi connectivity index (χ1n) is 4.69. The second-order valence-electron chi connectivity index (χ2n) is 3.37. The van der Waals surface area contributed by atoms with Crippen molar-refractivity contribution < 1.29 is 4.79 Å². The van der Waals surface area contributed by atoms with Gasteiger partial charge in [0.05, 0.1) is 18.7 Å². The maximum atomic E-state index is 11.5. The number of carbonyl (C=O) groups is 1. The molecule has 3 N–H and O–H groups in total. The van der Waals surface area contributed by atoms with Crippen molar-refractivity contribution in [2.75, 3.05) is 13.1 Å². The molecule has 0 spiro atoms. The third-order valence-corrected chi connectivity index (χ3v) is 2.34. The first-order valence-corrected chi connectivity index (χ1v) is 4.69. The molecule has 1 fully saturated rings. The molecule has 1 aromatic heterocycles. The van der Waals surface area contributed by atoms with Gasteiger partial charge in [0.15, 0.2) is 0 Å². The van der Waals surface area contributed by atoms with Crippen molar-refractivity contribution in [3.05, 3.63) is 11.9 Å². The highest BCUT2D eigenvalue weighted by Crippen LogP contribution is 2.07. The summed E-state index contributed by atoms with van der Waals surface area (Å²) in [6.45, 7) is 2.17. The highest BCUT2D eigenvalue weighted by Gasteiger charge is 2.21. The number of hydrogen-bond donors (Lipinski definition) is 3. The fourth-order valence-corrected chi connectivity index (χ4v) is 1.51. The van der Waals surface area contributed by atoms with Crippen LogP contribution in [0, 0.1) is 5.92 Å². The van der Waals surface area contributed by atoms with Crippen molar-refractivity contribution >= 4 is 5.91 Å². The molecule has 6 nitrogen and oxygen atoms in total. The van der Waals surface area contributed by atoms with Crippen molar-refractivity contribution in [2.45, 2.75) is 13.0 Å². The number of carbonyl (C=O) groups excluding carboxylic acids is 1. The van der Waals surface area contributed by atoms with E-state index in [0.717, 1.165) is 25.2 Å². The van der Waals surface area contributed by atoms with Crippen LogP contribution in [0.2, 0.25) is 0 Å². The largest absolute Gasteiger partial charge is 0.350 e. The zero-order valence-corrected chi connectivity index (χ0v) is 7.79. The normalized spacial score (nSPS) is 21.0. The molecular weight excluding hydrogens is 182 g/mol. The van der Waals surface area contributed by atoms with Gasteiger partial charge in [0.25, 0.3) is 0 Å². The molecule has 0 saturated carbocycles. The first-order chi connectivity index (χ1) is 6.86. The smallest absolute Gasteiger partial charge is 0.224 e. The van der Waals surface area contributed by atoms with E-state index in [1.165, 1.54) is 0 Å². The van der Waals surface area contributed by atoms with Gasteiger partial charge < -0.3 is 10.6 Å². The van der Waals surface area contributed by atoms with E-state index in [9.17, 15) is 4.79 Å². The van der Waals surface area contributed by atoms with Crippen LogP contribution in [0.5, 0.6) is 0 Å². The molecule has 6 heteroatoms. The van der Waals surface area contributed by atoms with Gasteiger partial charge in [-0.2, -0.15) is 15.4 Å². The summed E-state index contributed by atoms with van der Waals surface area (Å²) in [5.74, 6) is 0.208. The summed E-state index contributed by atoms with van der Waals surface area (Å²) in [5.41, 5.74) is 0.754. The minimum absolute atomic E-state index is 0.0954. The third-order valence-electron chi connectivity index (χ3n) is 2.34. The molecule has 76 valence electrons. The summed E-state index contributed by atoms with van der Waals surface area (Å²) in [5, 5.41) is 16.0. The number of rotatable bonds is 3. The van der Waals surface area contributed by atoms with Crippen LogP contribution >= 0.6 is 0 Å². The number of nitrogens with zero attached hydrogens (tertiary/aromatic N) is 2. The molecule has 0 bridgehead atoms. The number of hydrogen-bond acceptors (Lipinski definition) is 4. The SMILES string of the molecule is O=C(NCc1cn[nH]n1)[C@@H]1CCNC1. The molecule has 1 aliphatic rings. The number of nitrogens with one attached hydrogen (secondary N) is 3. The lowest BCUT2D eigenvalue weighted by molar-refractivity contribution is -0.124. The predicted octanol–water partition coefficient (Wildman–Crippen LogP) is -0.970. The first kappa shape index (κ1) is 9.14.